The molecule has 0 aromatic carbocycles. The van der Waals surface area contributed by atoms with E-state index >= 15 is 0 Å². The average Bonchev–Trinajstić information content (AvgIpc) is 1.77. The van der Waals surface area contributed by atoms with Gasteiger partial charge in [0, 0.05) is 0 Å². The minimum Gasteiger partial charge on any atom is -0.465 e. The van der Waals surface area contributed by atoms with Gasteiger partial charge in [0.25, 0.3) is 0 Å². The van der Waals surface area contributed by atoms with E-state index in [1.807, 2.05) is 0 Å². The van der Waals surface area contributed by atoms with Crippen molar-refractivity contribution in [2.45, 2.75) is 18.9 Å². The van der Waals surface area contributed by atoms with Gasteiger partial charge in [0.15, 0.2) is 0 Å². The molecule has 1 aliphatic heterocycles. The quantitative estimate of drug-likeness (QED) is 0.439. The Labute approximate surface area is 47.8 Å². The van der Waals surface area contributed by atoms with Gasteiger partial charge in [-0.2, -0.15) is 0 Å². The lowest BCUT2D eigenvalue weighted by Crippen LogP contribution is -2.36. The van der Waals surface area contributed by atoms with Gasteiger partial charge < -0.3 is 10.5 Å². The van der Waals surface area contributed by atoms with Crippen LogP contribution < -0.4 is 5.73 Å². The lowest BCUT2D eigenvalue weighted by Gasteiger charge is -2.15. The van der Waals surface area contributed by atoms with Crippen molar-refractivity contribution in [2.24, 2.45) is 5.73 Å². The fourth-order valence-corrected chi connectivity index (χ4v) is 0.701. The minimum atomic E-state index is -0.358. The predicted octanol–water partition coefficient (Wildman–Crippen LogP) is -0.349. The van der Waals surface area contributed by atoms with Gasteiger partial charge in [-0.05, 0) is 12.8 Å². The number of carbonyl (C=O) groups excluding carboxylic acids is 1. The molecule has 1 heterocycles. The molecule has 0 saturated carbocycles. The Hall–Kier alpha value is -0.570. The van der Waals surface area contributed by atoms with Crippen molar-refractivity contribution in [1.29, 1.82) is 0 Å². The molecule has 0 spiro atoms. The van der Waals surface area contributed by atoms with Crippen LogP contribution in [0.15, 0.2) is 0 Å². The zero-order valence-electron chi connectivity index (χ0n) is 4.59. The first-order valence-electron chi connectivity index (χ1n) is 2.73. The second-order valence-electron chi connectivity index (χ2n) is 1.92. The van der Waals surface area contributed by atoms with E-state index in [9.17, 15) is 4.79 Å². The number of hydrogen-bond donors (Lipinski definition) is 1. The molecular weight excluding hydrogens is 106 g/mol. The standard InChI is InChI=1S/C5H9NO2/c6-4-2-1-3-8-5(4)7/h4H,1-3,6H2/t4-/m1/s1. The van der Waals surface area contributed by atoms with Crippen molar-refractivity contribution in [3.63, 3.8) is 0 Å². The van der Waals surface area contributed by atoms with E-state index in [0.717, 1.165) is 12.8 Å². The zero-order valence-corrected chi connectivity index (χ0v) is 4.59. The Morgan fingerprint density at radius 1 is 1.75 bits per heavy atom. The third kappa shape index (κ3) is 0.980. The highest BCUT2D eigenvalue weighted by molar-refractivity contribution is 5.75. The summed E-state index contributed by atoms with van der Waals surface area (Å²) in [4.78, 5) is 10.4. The number of cyclic esters (lactones) is 1. The Bertz CT molecular complexity index is 103. The van der Waals surface area contributed by atoms with Gasteiger partial charge in [-0.15, -0.1) is 0 Å². The highest BCUT2D eigenvalue weighted by Crippen LogP contribution is 2.03. The van der Waals surface area contributed by atoms with E-state index < -0.39 is 0 Å². The summed E-state index contributed by atoms with van der Waals surface area (Å²) < 4.78 is 4.63. The molecule has 1 atom stereocenters. The minimum absolute atomic E-state index is 0.253. The van der Waals surface area contributed by atoms with Crippen molar-refractivity contribution < 1.29 is 9.53 Å². The van der Waals surface area contributed by atoms with Crippen molar-refractivity contribution >= 4 is 5.97 Å². The fourth-order valence-electron chi connectivity index (χ4n) is 0.701. The average molecular weight is 115 g/mol. The zero-order chi connectivity index (χ0) is 5.98. The molecular formula is C5H9NO2. The van der Waals surface area contributed by atoms with Crippen LogP contribution in [-0.4, -0.2) is 18.6 Å². The smallest absolute Gasteiger partial charge is 0.322 e. The van der Waals surface area contributed by atoms with Crippen molar-refractivity contribution in [1.82, 2.24) is 0 Å². The molecule has 3 nitrogen and oxygen atoms in total. The molecule has 0 radical (unpaired) electrons. The summed E-state index contributed by atoms with van der Waals surface area (Å²) in [6, 6.07) is -0.358. The summed E-state index contributed by atoms with van der Waals surface area (Å²) in [5, 5.41) is 0. The number of nitrogens with two attached hydrogens (primary N) is 1. The molecule has 1 fully saturated rings. The van der Waals surface area contributed by atoms with Crippen LogP contribution in [0.4, 0.5) is 0 Å². The van der Waals surface area contributed by atoms with Crippen molar-refractivity contribution in [3.8, 4) is 0 Å². The Kier molecular flexibility index (Phi) is 1.48. The van der Waals surface area contributed by atoms with Gasteiger partial charge in [0.05, 0.1) is 6.61 Å². The summed E-state index contributed by atoms with van der Waals surface area (Å²) in [5.41, 5.74) is 5.30. The molecule has 1 saturated heterocycles. The van der Waals surface area contributed by atoms with Crippen LogP contribution in [-0.2, 0) is 9.53 Å². The molecule has 0 amide bonds. The summed E-state index contributed by atoms with van der Waals surface area (Å²) >= 11 is 0. The molecule has 1 rings (SSSR count). The molecule has 0 unspecified atom stereocenters. The maximum atomic E-state index is 10.4. The largest absolute Gasteiger partial charge is 0.465 e. The Morgan fingerprint density at radius 3 is 2.88 bits per heavy atom. The number of hydrogen-bond acceptors (Lipinski definition) is 3. The van der Waals surface area contributed by atoms with Crippen molar-refractivity contribution in [3.05, 3.63) is 0 Å². The number of rotatable bonds is 0. The van der Waals surface area contributed by atoms with Crippen LogP contribution >= 0.6 is 0 Å². The van der Waals surface area contributed by atoms with Gasteiger partial charge in [0.1, 0.15) is 6.04 Å². The first-order valence-corrected chi connectivity index (χ1v) is 2.73. The van der Waals surface area contributed by atoms with Gasteiger partial charge >= 0.3 is 5.97 Å². The molecule has 8 heavy (non-hydrogen) atoms. The summed E-state index contributed by atoms with van der Waals surface area (Å²) in [6.07, 6.45) is 1.69. The first kappa shape index (κ1) is 5.56. The van der Waals surface area contributed by atoms with E-state index in [-0.39, 0.29) is 12.0 Å². The van der Waals surface area contributed by atoms with Gasteiger partial charge in [-0.25, -0.2) is 0 Å². The van der Waals surface area contributed by atoms with E-state index in [2.05, 4.69) is 4.74 Å². The molecule has 1 aliphatic rings. The highest BCUT2D eigenvalue weighted by Gasteiger charge is 2.18. The van der Waals surface area contributed by atoms with E-state index in [1.165, 1.54) is 0 Å². The maximum Gasteiger partial charge on any atom is 0.322 e. The van der Waals surface area contributed by atoms with Crippen LogP contribution in [0.5, 0.6) is 0 Å². The number of carbonyl (C=O) groups is 1. The SMILES string of the molecule is N[C@@H]1CCCOC1=O. The molecule has 0 aromatic heterocycles. The first-order chi connectivity index (χ1) is 3.80. The second-order valence-corrected chi connectivity index (χ2v) is 1.92. The molecule has 0 aliphatic carbocycles. The Balaban J connectivity index is 2.39. The predicted molar refractivity (Wildman–Crippen MR) is 28.2 cm³/mol. The topological polar surface area (TPSA) is 52.3 Å². The lowest BCUT2D eigenvalue weighted by molar-refractivity contribution is -0.148. The maximum absolute atomic E-state index is 10.4. The number of esters is 1. The van der Waals surface area contributed by atoms with Crippen LogP contribution in [0.25, 0.3) is 0 Å². The van der Waals surface area contributed by atoms with Gasteiger partial charge in [-0.1, -0.05) is 0 Å². The van der Waals surface area contributed by atoms with Gasteiger partial charge in [0.2, 0.25) is 0 Å². The molecule has 3 heteroatoms. The third-order valence-electron chi connectivity index (χ3n) is 1.21. The van der Waals surface area contributed by atoms with Gasteiger partial charge in [-0.3, -0.25) is 4.79 Å². The van der Waals surface area contributed by atoms with Crippen LogP contribution in [0.2, 0.25) is 0 Å². The Morgan fingerprint density at radius 2 is 2.50 bits per heavy atom. The normalized spacial score (nSPS) is 29.6. The summed E-state index contributed by atoms with van der Waals surface area (Å²) in [6.45, 7) is 0.548. The lowest BCUT2D eigenvalue weighted by atomic mass is 10.1. The fraction of sp³-hybridized carbons (Fsp3) is 0.800. The molecule has 2 N–H and O–H groups in total. The molecule has 0 aromatic rings. The second kappa shape index (κ2) is 2.13. The number of ether oxygens (including phenoxy) is 1. The van der Waals surface area contributed by atoms with E-state index in [4.69, 9.17) is 5.73 Å². The molecule has 0 bridgehead atoms. The van der Waals surface area contributed by atoms with Crippen molar-refractivity contribution in [2.75, 3.05) is 6.61 Å². The summed E-state index contributed by atoms with van der Waals surface area (Å²) in [5.74, 6) is -0.253. The van der Waals surface area contributed by atoms with Crippen LogP contribution in [0.3, 0.4) is 0 Å². The molecule has 46 valence electrons. The van der Waals surface area contributed by atoms with Crippen LogP contribution in [0.1, 0.15) is 12.8 Å². The highest BCUT2D eigenvalue weighted by atomic mass is 16.5. The van der Waals surface area contributed by atoms with Crippen LogP contribution in [0, 0.1) is 0 Å². The van der Waals surface area contributed by atoms with E-state index in [0.29, 0.717) is 6.61 Å². The monoisotopic (exact) mass is 115 g/mol. The summed E-state index contributed by atoms with van der Waals surface area (Å²) in [7, 11) is 0. The van der Waals surface area contributed by atoms with E-state index in [1.54, 1.807) is 0 Å². The third-order valence-corrected chi connectivity index (χ3v) is 1.21.